The van der Waals surface area contributed by atoms with Gasteiger partial charge in [-0.3, -0.25) is 0 Å². The first kappa shape index (κ1) is 10.5. The van der Waals surface area contributed by atoms with Gasteiger partial charge in [-0.15, -0.1) is 0 Å². The van der Waals surface area contributed by atoms with E-state index in [-0.39, 0.29) is 0 Å². The zero-order chi connectivity index (χ0) is 10.0. The van der Waals surface area contributed by atoms with Gasteiger partial charge in [-0.25, -0.2) is 0 Å². The van der Waals surface area contributed by atoms with Gasteiger partial charge in [0, 0.05) is 0 Å². The normalized spacial score (nSPS) is 39.4. The van der Waals surface area contributed by atoms with Crippen molar-refractivity contribution in [3.63, 3.8) is 0 Å². The maximum atomic E-state index is 6.04. The monoisotopic (exact) mass is 195 g/mol. The van der Waals surface area contributed by atoms with Gasteiger partial charge >= 0.3 is 0 Å². The maximum absolute atomic E-state index is 6.04. The highest BCUT2D eigenvalue weighted by Crippen LogP contribution is 2.51. The van der Waals surface area contributed by atoms with E-state index in [0.29, 0.717) is 5.41 Å². The molecule has 2 saturated carbocycles. The lowest BCUT2D eigenvalue weighted by Gasteiger charge is -2.49. The van der Waals surface area contributed by atoms with Gasteiger partial charge in [0.2, 0.25) is 0 Å². The van der Waals surface area contributed by atoms with Crippen LogP contribution in [-0.2, 0) is 0 Å². The fourth-order valence-corrected chi connectivity index (χ4v) is 3.46. The molecule has 0 aromatic rings. The second kappa shape index (κ2) is 4.22. The summed E-state index contributed by atoms with van der Waals surface area (Å²) in [6, 6.07) is 0. The fraction of sp³-hybridized carbons (Fsp3) is 1.00. The predicted octanol–water partition coefficient (Wildman–Crippen LogP) is 3.33. The molecule has 0 spiro atoms. The van der Waals surface area contributed by atoms with Gasteiger partial charge in [0.1, 0.15) is 0 Å². The molecule has 2 aliphatic rings. The molecule has 1 heteroatoms. The van der Waals surface area contributed by atoms with Crippen molar-refractivity contribution in [3.05, 3.63) is 0 Å². The van der Waals surface area contributed by atoms with Crippen LogP contribution in [0.15, 0.2) is 0 Å². The Hall–Kier alpha value is -0.0400. The SMILES string of the molecule is CCC1CCC(CN)(C2CCC2)CC1. The third-order valence-electron chi connectivity index (χ3n) is 5.06. The first-order chi connectivity index (χ1) is 6.80. The number of nitrogens with two attached hydrogens (primary N) is 1. The summed E-state index contributed by atoms with van der Waals surface area (Å²) in [6.07, 6.45) is 11.5. The topological polar surface area (TPSA) is 26.0 Å². The van der Waals surface area contributed by atoms with E-state index in [9.17, 15) is 0 Å². The van der Waals surface area contributed by atoms with E-state index in [1.54, 1.807) is 0 Å². The Kier molecular flexibility index (Phi) is 3.16. The molecule has 0 atom stereocenters. The van der Waals surface area contributed by atoms with Crippen LogP contribution in [0.2, 0.25) is 0 Å². The van der Waals surface area contributed by atoms with Crippen molar-refractivity contribution in [2.24, 2.45) is 23.0 Å². The molecule has 2 aliphatic carbocycles. The lowest BCUT2D eigenvalue weighted by Crippen LogP contribution is -2.43. The molecule has 0 heterocycles. The van der Waals surface area contributed by atoms with Crippen molar-refractivity contribution in [2.75, 3.05) is 6.54 Å². The van der Waals surface area contributed by atoms with E-state index >= 15 is 0 Å². The molecule has 0 aliphatic heterocycles. The van der Waals surface area contributed by atoms with Crippen LogP contribution in [0.25, 0.3) is 0 Å². The number of hydrogen-bond donors (Lipinski definition) is 1. The molecule has 0 bridgehead atoms. The number of hydrogen-bond acceptors (Lipinski definition) is 1. The number of rotatable bonds is 3. The minimum atomic E-state index is 0.573. The molecule has 2 N–H and O–H groups in total. The van der Waals surface area contributed by atoms with Crippen LogP contribution in [0.3, 0.4) is 0 Å². The zero-order valence-corrected chi connectivity index (χ0v) is 9.60. The average Bonchev–Trinajstić information content (AvgIpc) is 2.16. The molecule has 0 aromatic heterocycles. The summed E-state index contributed by atoms with van der Waals surface area (Å²) in [5, 5.41) is 0. The molecule has 82 valence electrons. The highest BCUT2D eigenvalue weighted by Gasteiger charge is 2.42. The van der Waals surface area contributed by atoms with Crippen molar-refractivity contribution < 1.29 is 0 Å². The first-order valence-corrected chi connectivity index (χ1v) is 6.51. The van der Waals surface area contributed by atoms with Gasteiger partial charge in [-0.2, -0.15) is 0 Å². The van der Waals surface area contributed by atoms with Crippen LogP contribution < -0.4 is 5.73 Å². The highest BCUT2D eigenvalue weighted by atomic mass is 14.6. The summed E-state index contributed by atoms with van der Waals surface area (Å²) in [4.78, 5) is 0. The molecule has 14 heavy (non-hydrogen) atoms. The lowest BCUT2D eigenvalue weighted by atomic mass is 9.57. The predicted molar refractivity (Wildman–Crippen MR) is 61.1 cm³/mol. The fourth-order valence-electron chi connectivity index (χ4n) is 3.46. The van der Waals surface area contributed by atoms with E-state index in [1.807, 2.05) is 0 Å². The van der Waals surface area contributed by atoms with Gasteiger partial charge in [0.25, 0.3) is 0 Å². The van der Waals surface area contributed by atoms with Crippen molar-refractivity contribution in [1.29, 1.82) is 0 Å². The summed E-state index contributed by atoms with van der Waals surface area (Å²) in [6.45, 7) is 3.29. The Bertz CT molecular complexity index is 176. The molecule has 0 amide bonds. The second-order valence-electron chi connectivity index (χ2n) is 5.55. The highest BCUT2D eigenvalue weighted by molar-refractivity contribution is 4.94. The van der Waals surface area contributed by atoms with E-state index in [2.05, 4.69) is 6.92 Å². The van der Waals surface area contributed by atoms with Gasteiger partial charge in [-0.1, -0.05) is 19.8 Å². The second-order valence-corrected chi connectivity index (χ2v) is 5.55. The molecular formula is C13H25N. The zero-order valence-electron chi connectivity index (χ0n) is 9.60. The Balaban J connectivity index is 1.93. The van der Waals surface area contributed by atoms with Crippen molar-refractivity contribution in [3.8, 4) is 0 Å². The van der Waals surface area contributed by atoms with Gasteiger partial charge in [0.05, 0.1) is 0 Å². The van der Waals surface area contributed by atoms with Crippen LogP contribution in [0.4, 0.5) is 0 Å². The minimum Gasteiger partial charge on any atom is -0.330 e. The molecule has 1 nitrogen and oxygen atoms in total. The van der Waals surface area contributed by atoms with Crippen molar-refractivity contribution in [1.82, 2.24) is 0 Å². The third kappa shape index (κ3) is 1.71. The van der Waals surface area contributed by atoms with E-state index in [0.717, 1.165) is 18.4 Å². The molecule has 0 unspecified atom stereocenters. The van der Waals surface area contributed by atoms with Gasteiger partial charge in [0.15, 0.2) is 0 Å². The quantitative estimate of drug-likeness (QED) is 0.734. The van der Waals surface area contributed by atoms with Crippen molar-refractivity contribution >= 4 is 0 Å². The summed E-state index contributed by atoms with van der Waals surface area (Å²) in [5.74, 6) is 2.00. The molecule has 0 saturated heterocycles. The van der Waals surface area contributed by atoms with Crippen LogP contribution >= 0.6 is 0 Å². The first-order valence-electron chi connectivity index (χ1n) is 6.51. The smallest absolute Gasteiger partial charge is 0.00179 e. The molecule has 0 aromatic carbocycles. The van der Waals surface area contributed by atoms with Gasteiger partial charge < -0.3 is 5.73 Å². The van der Waals surface area contributed by atoms with E-state index in [1.165, 1.54) is 51.4 Å². The Morgan fingerprint density at radius 3 is 2.14 bits per heavy atom. The molecular weight excluding hydrogens is 170 g/mol. The molecule has 0 radical (unpaired) electrons. The Labute approximate surface area is 88.4 Å². The third-order valence-corrected chi connectivity index (χ3v) is 5.06. The van der Waals surface area contributed by atoms with Crippen LogP contribution in [-0.4, -0.2) is 6.54 Å². The Morgan fingerprint density at radius 2 is 1.79 bits per heavy atom. The van der Waals surface area contributed by atoms with E-state index < -0.39 is 0 Å². The Morgan fingerprint density at radius 1 is 1.14 bits per heavy atom. The van der Waals surface area contributed by atoms with Gasteiger partial charge in [-0.05, 0) is 62.3 Å². The largest absolute Gasteiger partial charge is 0.330 e. The minimum absolute atomic E-state index is 0.573. The summed E-state index contributed by atoms with van der Waals surface area (Å²) < 4.78 is 0. The van der Waals surface area contributed by atoms with Crippen LogP contribution in [0.5, 0.6) is 0 Å². The lowest BCUT2D eigenvalue weighted by molar-refractivity contribution is 0.0324. The average molecular weight is 195 g/mol. The summed E-state index contributed by atoms with van der Waals surface area (Å²) in [7, 11) is 0. The molecule has 2 fully saturated rings. The van der Waals surface area contributed by atoms with Crippen LogP contribution in [0, 0.1) is 17.3 Å². The summed E-state index contributed by atoms with van der Waals surface area (Å²) in [5.41, 5.74) is 6.61. The van der Waals surface area contributed by atoms with Crippen LogP contribution in [0.1, 0.15) is 58.3 Å². The van der Waals surface area contributed by atoms with E-state index in [4.69, 9.17) is 5.73 Å². The van der Waals surface area contributed by atoms with Crippen molar-refractivity contribution in [2.45, 2.75) is 58.3 Å². The summed E-state index contributed by atoms with van der Waals surface area (Å²) >= 11 is 0. The standard InChI is InChI=1S/C13H25N/c1-2-11-6-8-13(10-14,9-7-11)12-4-3-5-12/h11-12H,2-10,14H2,1H3. The molecule has 2 rings (SSSR count). The maximum Gasteiger partial charge on any atom is -0.00179 e.